The number of aliphatic hydroxyl groups excluding tert-OH is 1. The molecule has 1 saturated carbocycles. The summed E-state index contributed by atoms with van der Waals surface area (Å²) in [5.41, 5.74) is 2.59. The van der Waals surface area contributed by atoms with Crippen molar-refractivity contribution in [2.45, 2.75) is 24.9 Å². The van der Waals surface area contributed by atoms with Crippen molar-refractivity contribution in [1.82, 2.24) is 0 Å². The molecule has 0 saturated heterocycles. The molecule has 1 amide bonds. The van der Waals surface area contributed by atoms with Crippen molar-refractivity contribution in [1.29, 1.82) is 0 Å². The van der Waals surface area contributed by atoms with Crippen LogP contribution in [0.4, 0.5) is 5.69 Å². The van der Waals surface area contributed by atoms with Gasteiger partial charge in [-0.25, -0.2) is 0 Å². The van der Waals surface area contributed by atoms with Gasteiger partial charge in [-0.2, -0.15) is 0 Å². The van der Waals surface area contributed by atoms with Crippen LogP contribution < -0.4 is 14.8 Å². The number of fused-ring (bicyclic) bond motifs is 1. The van der Waals surface area contributed by atoms with Gasteiger partial charge in [-0.15, -0.1) is 0 Å². The molecular weight excluding hydrogens is 306 g/mol. The molecule has 1 aliphatic carbocycles. The van der Waals surface area contributed by atoms with Crippen LogP contribution in [-0.2, 0) is 0 Å². The first-order valence-electron chi connectivity index (χ1n) is 8.18. The molecule has 4 rings (SSSR count). The van der Waals surface area contributed by atoms with Crippen molar-refractivity contribution in [2.75, 3.05) is 18.5 Å². The van der Waals surface area contributed by atoms with Gasteiger partial charge in [0.05, 0.1) is 6.61 Å². The van der Waals surface area contributed by atoms with Crippen molar-refractivity contribution >= 4 is 11.6 Å². The average molecular weight is 325 g/mol. The number of rotatable bonds is 4. The van der Waals surface area contributed by atoms with Crippen molar-refractivity contribution in [3.8, 4) is 11.5 Å². The SMILES string of the molecule is O=C(Nc1ccc2c(c1)OC[C@H](CO)O2)c1ccc(C2CC2)cc1. The van der Waals surface area contributed by atoms with Crippen molar-refractivity contribution in [2.24, 2.45) is 0 Å². The number of carbonyl (C=O) groups excluding carboxylic acids is 1. The topological polar surface area (TPSA) is 67.8 Å². The van der Waals surface area contributed by atoms with Gasteiger partial charge in [0, 0.05) is 17.3 Å². The summed E-state index contributed by atoms with van der Waals surface area (Å²) in [6, 6.07) is 13.0. The molecule has 0 spiro atoms. The number of ether oxygens (including phenoxy) is 2. The molecule has 1 heterocycles. The van der Waals surface area contributed by atoms with Crippen LogP contribution in [0.25, 0.3) is 0 Å². The van der Waals surface area contributed by atoms with Gasteiger partial charge < -0.3 is 19.9 Å². The molecule has 5 nitrogen and oxygen atoms in total. The third-order valence-corrected chi connectivity index (χ3v) is 4.35. The Morgan fingerprint density at radius 2 is 1.92 bits per heavy atom. The third kappa shape index (κ3) is 3.08. The lowest BCUT2D eigenvalue weighted by Crippen LogP contribution is -2.32. The Bertz CT molecular complexity index is 752. The van der Waals surface area contributed by atoms with E-state index >= 15 is 0 Å². The van der Waals surface area contributed by atoms with Crippen LogP contribution in [0.3, 0.4) is 0 Å². The number of amides is 1. The van der Waals surface area contributed by atoms with E-state index in [1.807, 2.05) is 24.3 Å². The Balaban J connectivity index is 1.45. The summed E-state index contributed by atoms with van der Waals surface area (Å²) in [5.74, 6) is 1.68. The Labute approximate surface area is 140 Å². The lowest BCUT2D eigenvalue weighted by Gasteiger charge is -2.25. The highest BCUT2D eigenvalue weighted by molar-refractivity contribution is 6.04. The Hall–Kier alpha value is -2.53. The summed E-state index contributed by atoms with van der Waals surface area (Å²) in [6.07, 6.45) is 2.16. The molecule has 2 N–H and O–H groups in total. The number of nitrogens with one attached hydrogen (secondary N) is 1. The third-order valence-electron chi connectivity index (χ3n) is 4.35. The van der Waals surface area contributed by atoms with E-state index < -0.39 is 0 Å². The fourth-order valence-corrected chi connectivity index (χ4v) is 2.81. The van der Waals surface area contributed by atoms with Gasteiger partial charge in [-0.3, -0.25) is 4.79 Å². The van der Waals surface area contributed by atoms with E-state index in [9.17, 15) is 4.79 Å². The van der Waals surface area contributed by atoms with Crippen LogP contribution in [0, 0.1) is 0 Å². The van der Waals surface area contributed by atoms with Gasteiger partial charge in [-0.05, 0) is 48.6 Å². The number of anilines is 1. The fourth-order valence-electron chi connectivity index (χ4n) is 2.81. The van der Waals surface area contributed by atoms with E-state index in [1.165, 1.54) is 18.4 Å². The average Bonchev–Trinajstić information content (AvgIpc) is 3.46. The minimum absolute atomic E-state index is 0.0885. The fraction of sp³-hybridized carbons (Fsp3) is 0.316. The number of hydrogen-bond donors (Lipinski definition) is 2. The molecule has 1 fully saturated rings. The largest absolute Gasteiger partial charge is 0.486 e. The van der Waals surface area contributed by atoms with Crippen LogP contribution in [0.1, 0.15) is 34.7 Å². The highest BCUT2D eigenvalue weighted by atomic mass is 16.6. The van der Waals surface area contributed by atoms with E-state index in [1.54, 1.807) is 18.2 Å². The molecule has 0 unspecified atom stereocenters. The van der Waals surface area contributed by atoms with E-state index in [4.69, 9.17) is 14.6 Å². The quantitative estimate of drug-likeness (QED) is 0.907. The van der Waals surface area contributed by atoms with Crippen LogP contribution in [0.2, 0.25) is 0 Å². The van der Waals surface area contributed by atoms with Gasteiger partial charge >= 0.3 is 0 Å². The maximum Gasteiger partial charge on any atom is 0.255 e. The van der Waals surface area contributed by atoms with Crippen LogP contribution in [-0.4, -0.2) is 30.3 Å². The summed E-state index contributed by atoms with van der Waals surface area (Å²) in [7, 11) is 0. The summed E-state index contributed by atoms with van der Waals surface area (Å²) in [5, 5.41) is 12.0. The Morgan fingerprint density at radius 3 is 2.62 bits per heavy atom. The van der Waals surface area contributed by atoms with Gasteiger partial charge in [-0.1, -0.05) is 12.1 Å². The second-order valence-electron chi connectivity index (χ2n) is 6.25. The number of benzene rings is 2. The zero-order chi connectivity index (χ0) is 16.5. The van der Waals surface area contributed by atoms with E-state index in [2.05, 4.69) is 5.32 Å². The standard InChI is InChI=1S/C19H19NO4/c21-10-16-11-23-18-9-15(7-8-17(18)24-16)20-19(22)14-5-3-13(4-6-14)12-1-2-12/h3-9,12,16,21H,1-2,10-11H2,(H,20,22)/t16-/m0/s1. The number of aliphatic hydroxyl groups is 1. The first-order chi connectivity index (χ1) is 11.7. The van der Waals surface area contributed by atoms with Gasteiger partial charge in [0.25, 0.3) is 5.91 Å². The van der Waals surface area contributed by atoms with Gasteiger partial charge in [0.15, 0.2) is 17.6 Å². The first-order valence-corrected chi connectivity index (χ1v) is 8.18. The molecule has 0 bridgehead atoms. The molecule has 0 radical (unpaired) electrons. The van der Waals surface area contributed by atoms with Crippen LogP contribution >= 0.6 is 0 Å². The molecule has 1 aliphatic heterocycles. The van der Waals surface area contributed by atoms with Crippen LogP contribution in [0.15, 0.2) is 42.5 Å². The molecular formula is C19H19NO4. The summed E-state index contributed by atoms with van der Waals surface area (Å²) < 4.78 is 11.1. The highest BCUT2D eigenvalue weighted by Gasteiger charge is 2.23. The van der Waals surface area contributed by atoms with Crippen LogP contribution in [0.5, 0.6) is 11.5 Å². The molecule has 24 heavy (non-hydrogen) atoms. The maximum atomic E-state index is 12.4. The Morgan fingerprint density at radius 1 is 1.12 bits per heavy atom. The molecule has 2 aromatic carbocycles. The second kappa shape index (κ2) is 6.17. The number of hydrogen-bond acceptors (Lipinski definition) is 4. The predicted octanol–water partition coefficient (Wildman–Crippen LogP) is 2.95. The zero-order valence-corrected chi connectivity index (χ0v) is 13.2. The predicted molar refractivity (Wildman–Crippen MR) is 89.8 cm³/mol. The van der Waals surface area contributed by atoms with E-state index in [0.29, 0.717) is 35.3 Å². The van der Waals surface area contributed by atoms with E-state index in [-0.39, 0.29) is 18.6 Å². The minimum atomic E-state index is -0.345. The number of carbonyl (C=O) groups is 1. The van der Waals surface area contributed by atoms with Gasteiger partial charge in [0.2, 0.25) is 0 Å². The maximum absolute atomic E-state index is 12.4. The highest BCUT2D eigenvalue weighted by Crippen LogP contribution is 2.40. The molecule has 124 valence electrons. The second-order valence-corrected chi connectivity index (χ2v) is 6.25. The lowest BCUT2D eigenvalue weighted by molar-refractivity contribution is 0.0457. The molecule has 1 atom stereocenters. The van der Waals surface area contributed by atoms with Crippen molar-refractivity contribution < 1.29 is 19.4 Å². The smallest absolute Gasteiger partial charge is 0.255 e. The normalized spacial score (nSPS) is 19.0. The van der Waals surface area contributed by atoms with Crippen molar-refractivity contribution in [3.05, 3.63) is 53.6 Å². The van der Waals surface area contributed by atoms with Crippen molar-refractivity contribution in [3.63, 3.8) is 0 Å². The molecule has 0 aromatic heterocycles. The summed E-state index contributed by atoms with van der Waals surface area (Å²) >= 11 is 0. The summed E-state index contributed by atoms with van der Waals surface area (Å²) in [4.78, 5) is 12.4. The molecule has 2 aliphatic rings. The van der Waals surface area contributed by atoms with Gasteiger partial charge in [0.1, 0.15) is 6.61 Å². The zero-order valence-electron chi connectivity index (χ0n) is 13.2. The minimum Gasteiger partial charge on any atom is -0.486 e. The lowest BCUT2D eigenvalue weighted by atomic mass is 10.1. The molecule has 5 heteroatoms. The Kier molecular flexibility index (Phi) is 3.86. The first kappa shape index (κ1) is 15.0. The molecule has 2 aromatic rings. The monoisotopic (exact) mass is 325 g/mol. The van der Waals surface area contributed by atoms with E-state index in [0.717, 1.165) is 0 Å². The summed E-state index contributed by atoms with van der Waals surface area (Å²) in [6.45, 7) is 0.207.